The van der Waals surface area contributed by atoms with E-state index in [0.29, 0.717) is 6.42 Å². The Labute approximate surface area is 136 Å². The van der Waals surface area contributed by atoms with Gasteiger partial charge in [0.25, 0.3) is 0 Å². The first-order valence-corrected chi connectivity index (χ1v) is 7.89. The van der Waals surface area contributed by atoms with Crippen molar-refractivity contribution in [2.24, 2.45) is 0 Å². The van der Waals surface area contributed by atoms with Crippen molar-refractivity contribution in [3.63, 3.8) is 0 Å². The Morgan fingerprint density at radius 2 is 2.30 bits per heavy atom. The summed E-state index contributed by atoms with van der Waals surface area (Å²) in [6.45, 7) is 2.66. The van der Waals surface area contributed by atoms with Crippen molar-refractivity contribution in [3.05, 3.63) is 47.7 Å². The number of hydrogen-bond acceptors (Lipinski definition) is 5. The SMILES string of the molecule is CNc1cc([C@H]2CCCN2C(=O)Cc2cccnc2)nc(C)n1. The van der Waals surface area contributed by atoms with E-state index in [-0.39, 0.29) is 11.9 Å². The first-order valence-electron chi connectivity index (χ1n) is 7.89. The monoisotopic (exact) mass is 311 g/mol. The Kier molecular flexibility index (Phi) is 4.50. The third-order valence-corrected chi connectivity index (χ3v) is 4.11. The van der Waals surface area contributed by atoms with Gasteiger partial charge in [-0.2, -0.15) is 0 Å². The highest BCUT2D eigenvalue weighted by atomic mass is 16.2. The molecule has 2 aromatic heterocycles. The maximum absolute atomic E-state index is 12.7. The lowest BCUT2D eigenvalue weighted by atomic mass is 10.1. The van der Waals surface area contributed by atoms with Crippen LogP contribution in [0.25, 0.3) is 0 Å². The molecule has 1 atom stereocenters. The zero-order chi connectivity index (χ0) is 16.2. The van der Waals surface area contributed by atoms with Crippen LogP contribution < -0.4 is 5.32 Å². The number of pyridine rings is 1. The van der Waals surface area contributed by atoms with Gasteiger partial charge in [0.1, 0.15) is 11.6 Å². The van der Waals surface area contributed by atoms with Gasteiger partial charge in [-0.1, -0.05) is 6.07 Å². The van der Waals surface area contributed by atoms with Crippen molar-refractivity contribution in [3.8, 4) is 0 Å². The van der Waals surface area contributed by atoms with E-state index in [2.05, 4.69) is 20.3 Å². The number of amides is 1. The molecule has 1 N–H and O–H groups in total. The molecule has 0 bridgehead atoms. The molecule has 1 fully saturated rings. The second kappa shape index (κ2) is 6.73. The van der Waals surface area contributed by atoms with Crippen LogP contribution in [0.3, 0.4) is 0 Å². The predicted octanol–water partition coefficient (Wildman–Crippen LogP) is 2.13. The molecular weight excluding hydrogens is 290 g/mol. The molecule has 6 nitrogen and oxygen atoms in total. The molecule has 0 radical (unpaired) electrons. The lowest BCUT2D eigenvalue weighted by Crippen LogP contribution is -2.32. The van der Waals surface area contributed by atoms with E-state index in [1.165, 1.54) is 0 Å². The van der Waals surface area contributed by atoms with E-state index >= 15 is 0 Å². The fourth-order valence-corrected chi connectivity index (χ4v) is 3.04. The van der Waals surface area contributed by atoms with E-state index in [9.17, 15) is 4.79 Å². The first-order chi connectivity index (χ1) is 11.2. The van der Waals surface area contributed by atoms with Gasteiger partial charge in [-0.05, 0) is 31.4 Å². The molecule has 6 heteroatoms. The summed E-state index contributed by atoms with van der Waals surface area (Å²) in [6.07, 6.45) is 5.79. The van der Waals surface area contributed by atoms with Crippen molar-refractivity contribution in [1.29, 1.82) is 0 Å². The number of carbonyl (C=O) groups is 1. The molecule has 0 aliphatic carbocycles. The summed E-state index contributed by atoms with van der Waals surface area (Å²) in [6, 6.07) is 5.77. The number of nitrogens with zero attached hydrogens (tertiary/aromatic N) is 4. The summed E-state index contributed by atoms with van der Waals surface area (Å²) in [7, 11) is 1.84. The molecule has 0 aromatic carbocycles. The molecule has 1 saturated heterocycles. The van der Waals surface area contributed by atoms with Crippen LogP contribution >= 0.6 is 0 Å². The highest BCUT2D eigenvalue weighted by Gasteiger charge is 2.31. The highest BCUT2D eigenvalue weighted by Crippen LogP contribution is 2.32. The van der Waals surface area contributed by atoms with Gasteiger partial charge in [-0.3, -0.25) is 9.78 Å². The minimum Gasteiger partial charge on any atom is -0.373 e. The molecule has 1 amide bonds. The van der Waals surface area contributed by atoms with Gasteiger partial charge >= 0.3 is 0 Å². The Hall–Kier alpha value is -2.50. The van der Waals surface area contributed by atoms with Crippen LogP contribution in [0, 0.1) is 6.92 Å². The number of rotatable bonds is 4. The molecule has 3 rings (SSSR count). The van der Waals surface area contributed by atoms with Gasteiger partial charge in [0.15, 0.2) is 0 Å². The maximum Gasteiger partial charge on any atom is 0.227 e. The number of hydrogen-bond donors (Lipinski definition) is 1. The fraction of sp³-hybridized carbons (Fsp3) is 0.412. The largest absolute Gasteiger partial charge is 0.373 e. The van der Waals surface area contributed by atoms with Crippen molar-refractivity contribution in [2.75, 3.05) is 18.9 Å². The fourth-order valence-electron chi connectivity index (χ4n) is 3.04. The van der Waals surface area contributed by atoms with Crippen LogP contribution in [0.15, 0.2) is 30.6 Å². The molecule has 0 spiro atoms. The van der Waals surface area contributed by atoms with Crippen LogP contribution in [0.1, 0.15) is 36.0 Å². The number of carbonyl (C=O) groups excluding carboxylic acids is 1. The molecule has 1 aliphatic heterocycles. The predicted molar refractivity (Wildman–Crippen MR) is 87.9 cm³/mol. The summed E-state index contributed by atoms with van der Waals surface area (Å²) < 4.78 is 0. The number of nitrogens with one attached hydrogen (secondary N) is 1. The maximum atomic E-state index is 12.7. The molecule has 0 unspecified atom stereocenters. The second-order valence-electron chi connectivity index (χ2n) is 5.76. The zero-order valence-electron chi connectivity index (χ0n) is 13.5. The van der Waals surface area contributed by atoms with Gasteiger partial charge in [0, 0.05) is 32.1 Å². The first kappa shape index (κ1) is 15.4. The summed E-state index contributed by atoms with van der Waals surface area (Å²) in [5, 5.41) is 3.05. The minimum atomic E-state index is 0.0352. The lowest BCUT2D eigenvalue weighted by Gasteiger charge is -2.25. The van der Waals surface area contributed by atoms with Crippen LogP contribution in [-0.4, -0.2) is 39.4 Å². The van der Waals surface area contributed by atoms with E-state index in [1.54, 1.807) is 12.4 Å². The summed E-state index contributed by atoms with van der Waals surface area (Å²) in [5.74, 6) is 1.64. The Morgan fingerprint density at radius 3 is 3.04 bits per heavy atom. The topological polar surface area (TPSA) is 71.0 Å². The van der Waals surface area contributed by atoms with Crippen molar-refractivity contribution in [1.82, 2.24) is 19.9 Å². The summed E-state index contributed by atoms with van der Waals surface area (Å²) in [5.41, 5.74) is 1.86. The molecule has 2 aromatic rings. The van der Waals surface area contributed by atoms with E-state index in [1.807, 2.05) is 37.1 Å². The smallest absolute Gasteiger partial charge is 0.227 e. The number of likely N-dealkylation sites (tertiary alicyclic amines) is 1. The average molecular weight is 311 g/mol. The summed E-state index contributed by atoms with van der Waals surface area (Å²) >= 11 is 0. The van der Waals surface area contributed by atoms with Crippen LogP contribution in [-0.2, 0) is 11.2 Å². The van der Waals surface area contributed by atoms with E-state index in [0.717, 1.165) is 42.3 Å². The normalized spacial score (nSPS) is 17.3. The zero-order valence-corrected chi connectivity index (χ0v) is 13.5. The standard InChI is InChI=1S/C17H21N5O/c1-12-20-14(10-16(18-2)21-12)15-6-4-8-22(15)17(23)9-13-5-3-7-19-11-13/h3,5,7,10-11,15H,4,6,8-9H2,1-2H3,(H,18,20,21)/t15-/m1/s1. The molecular formula is C17H21N5O. The minimum absolute atomic E-state index is 0.0352. The van der Waals surface area contributed by atoms with Gasteiger partial charge in [-0.15, -0.1) is 0 Å². The average Bonchev–Trinajstić information content (AvgIpc) is 3.05. The van der Waals surface area contributed by atoms with E-state index < -0.39 is 0 Å². The van der Waals surface area contributed by atoms with Crippen molar-refractivity contribution >= 4 is 11.7 Å². The number of aromatic nitrogens is 3. The van der Waals surface area contributed by atoms with E-state index in [4.69, 9.17) is 0 Å². The van der Waals surface area contributed by atoms with Gasteiger partial charge in [-0.25, -0.2) is 9.97 Å². The van der Waals surface area contributed by atoms with Crippen molar-refractivity contribution < 1.29 is 4.79 Å². The van der Waals surface area contributed by atoms with Crippen LogP contribution in [0.2, 0.25) is 0 Å². The Morgan fingerprint density at radius 1 is 1.43 bits per heavy atom. The molecule has 3 heterocycles. The molecule has 0 saturated carbocycles. The third-order valence-electron chi connectivity index (χ3n) is 4.11. The van der Waals surface area contributed by atoms with Crippen LogP contribution in [0.4, 0.5) is 5.82 Å². The van der Waals surface area contributed by atoms with Gasteiger partial charge < -0.3 is 10.2 Å². The quantitative estimate of drug-likeness (QED) is 0.936. The summed E-state index contributed by atoms with van der Waals surface area (Å²) in [4.78, 5) is 27.6. The van der Waals surface area contributed by atoms with Crippen LogP contribution in [0.5, 0.6) is 0 Å². The van der Waals surface area contributed by atoms with Gasteiger partial charge in [0.2, 0.25) is 5.91 Å². The highest BCUT2D eigenvalue weighted by molar-refractivity contribution is 5.79. The van der Waals surface area contributed by atoms with Gasteiger partial charge in [0.05, 0.1) is 18.2 Å². The van der Waals surface area contributed by atoms with Crippen molar-refractivity contribution in [2.45, 2.75) is 32.2 Å². The Bertz CT molecular complexity index is 689. The molecule has 120 valence electrons. The third kappa shape index (κ3) is 3.47. The molecule has 1 aliphatic rings. The Balaban J connectivity index is 1.80. The second-order valence-corrected chi connectivity index (χ2v) is 5.76. The number of anilines is 1. The lowest BCUT2D eigenvalue weighted by molar-refractivity contribution is -0.131. The molecule has 23 heavy (non-hydrogen) atoms. The number of aryl methyl sites for hydroxylation is 1.